The molecule has 3 aromatic carbocycles. The minimum atomic E-state index is -4.59. The lowest BCUT2D eigenvalue weighted by Crippen LogP contribution is -2.52. The number of carbonyl (C=O) groups is 1. The molecule has 2 saturated heterocycles. The smallest absolute Gasteiger partial charge is 0.293 e. The molecule has 0 bridgehead atoms. The summed E-state index contributed by atoms with van der Waals surface area (Å²) in [6, 6.07) is 20.4. The number of ether oxygens (including phenoxy) is 3. The number of fused-ring (bicyclic) bond motifs is 1. The van der Waals surface area contributed by atoms with Crippen molar-refractivity contribution in [1.82, 2.24) is 19.6 Å². The molecule has 15 nitrogen and oxygen atoms in total. The summed E-state index contributed by atoms with van der Waals surface area (Å²) >= 11 is 6.24. The largest absolute Gasteiger partial charge is 0.455 e. The summed E-state index contributed by atoms with van der Waals surface area (Å²) in [5.74, 6) is -0.517. The Hall–Kier alpha value is -5.52. The summed E-state index contributed by atoms with van der Waals surface area (Å²) in [6.45, 7) is 11.4. The molecule has 1 unspecified atom stereocenters. The number of nitro benzene ring substituents is 1. The first kappa shape index (κ1) is 43.1. The van der Waals surface area contributed by atoms with Gasteiger partial charge < -0.3 is 29.4 Å². The van der Waals surface area contributed by atoms with Crippen LogP contribution in [0.5, 0.6) is 11.5 Å². The number of amides is 1. The van der Waals surface area contributed by atoms with Crippen molar-refractivity contribution < 1.29 is 32.3 Å². The number of aromatic amines is 1. The fourth-order valence-electron chi connectivity index (χ4n) is 8.45. The van der Waals surface area contributed by atoms with E-state index in [9.17, 15) is 23.3 Å². The van der Waals surface area contributed by atoms with Crippen LogP contribution in [0.4, 0.5) is 17.1 Å². The second kappa shape index (κ2) is 18.1. The van der Waals surface area contributed by atoms with E-state index in [2.05, 4.69) is 62.7 Å². The number of anilines is 2. The van der Waals surface area contributed by atoms with Gasteiger partial charge in [0.05, 0.1) is 47.5 Å². The summed E-state index contributed by atoms with van der Waals surface area (Å²) in [4.78, 5) is 37.1. The Kier molecular flexibility index (Phi) is 12.6. The van der Waals surface area contributed by atoms with Crippen molar-refractivity contribution in [1.29, 1.82) is 0 Å². The Morgan fingerprint density at radius 3 is 2.66 bits per heavy atom. The number of benzene rings is 3. The number of pyridine rings is 1. The number of hydrogen-bond donors (Lipinski definition) is 3. The Labute approximate surface area is 365 Å². The molecular formula is C45H50ClN7O8S. The number of nitrogens with one attached hydrogen (secondary N) is 3. The minimum absolute atomic E-state index is 0.0535. The highest BCUT2D eigenvalue weighted by Gasteiger charge is 2.32. The molecule has 1 amide bonds. The van der Waals surface area contributed by atoms with Gasteiger partial charge in [0, 0.05) is 73.2 Å². The molecule has 0 radical (unpaired) electrons. The van der Waals surface area contributed by atoms with Crippen LogP contribution in [-0.2, 0) is 19.5 Å². The lowest BCUT2D eigenvalue weighted by molar-refractivity contribution is -0.384. The minimum Gasteiger partial charge on any atom is -0.455 e. The molecule has 3 aliphatic rings. The van der Waals surface area contributed by atoms with Crippen LogP contribution in [0, 0.1) is 15.5 Å². The zero-order chi connectivity index (χ0) is 43.6. The molecule has 17 heteroatoms. The van der Waals surface area contributed by atoms with Crippen molar-refractivity contribution in [3.05, 3.63) is 117 Å². The molecular weight excluding hydrogens is 834 g/mol. The van der Waals surface area contributed by atoms with Crippen molar-refractivity contribution in [2.45, 2.75) is 57.1 Å². The van der Waals surface area contributed by atoms with Crippen molar-refractivity contribution in [3.8, 4) is 11.5 Å². The van der Waals surface area contributed by atoms with Crippen LogP contribution in [0.1, 0.15) is 56.0 Å². The van der Waals surface area contributed by atoms with Gasteiger partial charge in [-0.1, -0.05) is 43.2 Å². The quantitative estimate of drug-likeness (QED) is 0.0766. The first-order valence-electron chi connectivity index (χ1n) is 20.7. The summed E-state index contributed by atoms with van der Waals surface area (Å²) < 4.78 is 46.8. The van der Waals surface area contributed by atoms with E-state index in [4.69, 9.17) is 25.8 Å². The van der Waals surface area contributed by atoms with Crippen molar-refractivity contribution in [2.75, 3.05) is 62.8 Å². The maximum absolute atomic E-state index is 13.9. The number of allylic oxidation sites excluding steroid dienone is 1. The molecule has 2 fully saturated rings. The molecule has 326 valence electrons. The summed E-state index contributed by atoms with van der Waals surface area (Å²) in [6.07, 6.45) is 6.11. The fraction of sp³-hybridized carbons (Fsp3) is 0.378. The zero-order valence-electron chi connectivity index (χ0n) is 34.9. The normalized spacial score (nSPS) is 19.6. The molecule has 3 N–H and O–H groups in total. The third kappa shape index (κ3) is 9.90. The highest BCUT2D eigenvalue weighted by molar-refractivity contribution is 7.90. The Morgan fingerprint density at radius 1 is 1.08 bits per heavy atom. The van der Waals surface area contributed by atoms with Gasteiger partial charge in [0.25, 0.3) is 21.6 Å². The maximum Gasteiger partial charge on any atom is 0.293 e. The van der Waals surface area contributed by atoms with Gasteiger partial charge in [-0.3, -0.25) is 19.8 Å². The number of hydrogen-bond acceptors (Lipinski definition) is 12. The van der Waals surface area contributed by atoms with E-state index in [0.29, 0.717) is 44.3 Å². The molecule has 0 spiro atoms. The topological polar surface area (TPSA) is 181 Å². The number of H-pyrrole nitrogens is 1. The number of nitro groups is 1. The van der Waals surface area contributed by atoms with Crippen LogP contribution in [0.25, 0.3) is 16.6 Å². The Morgan fingerprint density at radius 2 is 1.90 bits per heavy atom. The molecule has 5 aromatic rings. The van der Waals surface area contributed by atoms with Crippen molar-refractivity contribution in [3.63, 3.8) is 0 Å². The van der Waals surface area contributed by atoms with E-state index >= 15 is 0 Å². The number of sulfonamides is 1. The van der Waals surface area contributed by atoms with Crippen LogP contribution >= 0.6 is 11.6 Å². The lowest BCUT2D eigenvalue weighted by atomic mass is 9.72. The first-order valence-corrected chi connectivity index (χ1v) is 22.6. The van der Waals surface area contributed by atoms with E-state index in [0.717, 1.165) is 54.5 Å². The van der Waals surface area contributed by atoms with E-state index in [1.54, 1.807) is 24.4 Å². The molecule has 2 aromatic heterocycles. The summed E-state index contributed by atoms with van der Waals surface area (Å²) in [7, 11) is -4.59. The van der Waals surface area contributed by atoms with Gasteiger partial charge in [-0.25, -0.2) is 18.1 Å². The van der Waals surface area contributed by atoms with Gasteiger partial charge in [-0.15, -0.1) is 0 Å². The highest BCUT2D eigenvalue weighted by atomic mass is 35.5. The molecule has 1 aliphatic carbocycles. The molecule has 4 heterocycles. The second-order valence-corrected chi connectivity index (χ2v) is 19.0. The number of aromatic nitrogens is 2. The van der Waals surface area contributed by atoms with Gasteiger partial charge >= 0.3 is 0 Å². The van der Waals surface area contributed by atoms with Gasteiger partial charge in [0.15, 0.2) is 0 Å². The predicted molar refractivity (Wildman–Crippen MR) is 239 cm³/mol. The molecule has 2 atom stereocenters. The predicted octanol–water partition coefficient (Wildman–Crippen LogP) is 8.04. The zero-order valence-corrected chi connectivity index (χ0v) is 36.4. The molecule has 62 heavy (non-hydrogen) atoms. The number of rotatable bonds is 13. The van der Waals surface area contributed by atoms with Crippen LogP contribution in [0.3, 0.4) is 0 Å². The number of piperazine rings is 1. The van der Waals surface area contributed by atoms with E-state index < -0.39 is 31.4 Å². The van der Waals surface area contributed by atoms with Crippen molar-refractivity contribution in [2.24, 2.45) is 5.41 Å². The second-order valence-electron chi connectivity index (χ2n) is 16.9. The monoisotopic (exact) mass is 883 g/mol. The number of nitrogens with zero attached hydrogens (tertiary/aromatic N) is 4. The number of carbonyl (C=O) groups excluding carboxylic acids is 1. The molecule has 8 rings (SSSR count). The van der Waals surface area contributed by atoms with Crippen LogP contribution < -0.4 is 19.7 Å². The first-order chi connectivity index (χ1) is 29.7. The van der Waals surface area contributed by atoms with Crippen LogP contribution in [0.2, 0.25) is 5.02 Å². The van der Waals surface area contributed by atoms with Gasteiger partial charge in [-0.05, 0) is 91.3 Å². The van der Waals surface area contributed by atoms with E-state index in [1.165, 1.54) is 41.1 Å². The fourth-order valence-corrected chi connectivity index (χ4v) is 9.56. The number of halogens is 1. The van der Waals surface area contributed by atoms with E-state index in [-0.39, 0.29) is 41.1 Å². The SMILES string of the molecule is C[C@@H]1CN(c2ccc(C(=O)NS(=O)(=O)c3ccc(NCC4COCCO4)c([N+](=O)[O-])c3)c(Oc3cnc4[nH]ccc4c3)c2)CCN1CC1=C(c2ccc(Cl)cc2)CCC(C)(C)C1. The van der Waals surface area contributed by atoms with Gasteiger partial charge in [0.2, 0.25) is 0 Å². The average Bonchev–Trinajstić information content (AvgIpc) is 3.72. The molecule has 2 aliphatic heterocycles. The third-order valence-corrected chi connectivity index (χ3v) is 13.4. The molecule has 0 saturated carbocycles. The summed E-state index contributed by atoms with van der Waals surface area (Å²) in [5, 5.41) is 16.5. The maximum atomic E-state index is 13.9. The third-order valence-electron chi connectivity index (χ3n) is 11.8. The average molecular weight is 884 g/mol. The standard InChI is InChI=1S/C45H50ClN7O8S/c1-29-26-52(17-16-51(29)27-32-23-45(2,3)14-12-38(32)30-4-6-33(46)7-5-30)34-8-10-39(42(21-34)61-35-20-31-13-15-47-43(31)49-24-35)44(54)50-62(57,58)37-9-11-40(41(22-37)53(55)56)48-25-36-28-59-18-19-60-36/h4-11,13,15,20-22,24,29,36,48H,12,14,16-19,23,25-28H2,1-3H3,(H,47,49)(H,50,54)/t29-,36?/m1/s1. The van der Waals surface area contributed by atoms with Crippen LogP contribution in [0.15, 0.2) is 95.7 Å². The van der Waals surface area contributed by atoms with Gasteiger partial charge in [0.1, 0.15) is 22.8 Å². The highest BCUT2D eigenvalue weighted by Crippen LogP contribution is 2.43. The van der Waals surface area contributed by atoms with Crippen molar-refractivity contribution >= 4 is 61.2 Å². The lowest BCUT2D eigenvalue weighted by Gasteiger charge is -2.43. The Bertz CT molecular complexity index is 2610. The van der Waals surface area contributed by atoms with Gasteiger partial charge in [-0.2, -0.15) is 0 Å². The Balaban J connectivity index is 1.02. The summed E-state index contributed by atoms with van der Waals surface area (Å²) in [5.41, 5.74) is 5.32. The van der Waals surface area contributed by atoms with Crippen LogP contribution in [-0.4, -0.2) is 98.8 Å². The van der Waals surface area contributed by atoms with E-state index in [1.807, 2.05) is 18.2 Å².